The van der Waals surface area contributed by atoms with E-state index < -0.39 is 0 Å². The number of hydrogen-bond acceptors (Lipinski definition) is 1. The maximum absolute atomic E-state index is 5.87. The highest BCUT2D eigenvalue weighted by Crippen LogP contribution is 2.26. The first kappa shape index (κ1) is 13.6. The Kier molecular flexibility index (Phi) is 4.06. The first-order valence-corrected chi connectivity index (χ1v) is 6.72. The molecule has 0 radical (unpaired) electrons. The Morgan fingerprint density at radius 1 is 1.00 bits per heavy atom. The smallest absolute Gasteiger partial charge is 0.120 e. The molecule has 0 saturated carbocycles. The van der Waals surface area contributed by atoms with Crippen molar-refractivity contribution < 1.29 is 4.74 Å². The van der Waals surface area contributed by atoms with Gasteiger partial charge in [0.2, 0.25) is 0 Å². The summed E-state index contributed by atoms with van der Waals surface area (Å²) in [6.45, 7) is 10.8. The Morgan fingerprint density at radius 3 is 1.88 bits per heavy atom. The van der Waals surface area contributed by atoms with Crippen molar-refractivity contribution >= 4 is 15.9 Å². The molecule has 90 valence electrons. The van der Waals surface area contributed by atoms with E-state index in [1.165, 1.54) is 5.56 Å². The molecule has 16 heavy (non-hydrogen) atoms. The minimum absolute atomic E-state index is 0.163. The van der Waals surface area contributed by atoms with Gasteiger partial charge in [0.15, 0.2) is 0 Å². The van der Waals surface area contributed by atoms with Gasteiger partial charge in [-0.05, 0) is 37.0 Å². The minimum atomic E-state index is -0.163. The number of ether oxygens (including phenoxy) is 1. The van der Waals surface area contributed by atoms with Crippen molar-refractivity contribution in [2.45, 2.75) is 45.6 Å². The van der Waals surface area contributed by atoms with E-state index in [2.05, 4.69) is 62.7 Å². The lowest BCUT2D eigenvalue weighted by Gasteiger charge is -2.25. The number of alkyl halides is 1. The SMILES string of the molecule is CC(C)(CBr)Oc1ccc(C(C)(C)C)cc1. The summed E-state index contributed by atoms with van der Waals surface area (Å²) in [5.74, 6) is 0.928. The molecule has 0 heterocycles. The summed E-state index contributed by atoms with van der Waals surface area (Å²) in [6.07, 6.45) is 0. The van der Waals surface area contributed by atoms with Crippen LogP contribution in [-0.4, -0.2) is 10.9 Å². The average molecular weight is 285 g/mol. The molecule has 0 unspecified atom stereocenters. The highest BCUT2D eigenvalue weighted by Gasteiger charge is 2.18. The van der Waals surface area contributed by atoms with Crippen molar-refractivity contribution in [3.05, 3.63) is 29.8 Å². The van der Waals surface area contributed by atoms with Crippen molar-refractivity contribution in [3.63, 3.8) is 0 Å². The maximum atomic E-state index is 5.87. The quantitative estimate of drug-likeness (QED) is 0.741. The summed E-state index contributed by atoms with van der Waals surface area (Å²) in [7, 11) is 0. The van der Waals surface area contributed by atoms with E-state index in [4.69, 9.17) is 4.74 Å². The lowest BCUT2D eigenvalue weighted by atomic mass is 9.87. The molecule has 0 fully saturated rings. The molecule has 0 aliphatic rings. The lowest BCUT2D eigenvalue weighted by Crippen LogP contribution is -2.29. The molecule has 0 atom stereocenters. The average Bonchev–Trinajstić information content (AvgIpc) is 2.16. The zero-order valence-corrected chi connectivity index (χ0v) is 12.4. The Labute approximate surface area is 107 Å². The van der Waals surface area contributed by atoms with Crippen LogP contribution in [0.15, 0.2) is 24.3 Å². The molecular weight excluding hydrogens is 264 g/mol. The third-order valence-electron chi connectivity index (χ3n) is 2.44. The number of benzene rings is 1. The summed E-state index contributed by atoms with van der Waals surface area (Å²) in [6, 6.07) is 8.37. The van der Waals surface area contributed by atoms with Gasteiger partial charge < -0.3 is 4.74 Å². The standard InChI is InChI=1S/C14H21BrO/c1-13(2,3)11-6-8-12(9-7-11)16-14(4,5)10-15/h6-9H,10H2,1-5H3. The first-order chi connectivity index (χ1) is 7.24. The normalized spacial score (nSPS) is 12.6. The van der Waals surface area contributed by atoms with Crippen LogP contribution in [-0.2, 0) is 5.41 Å². The molecule has 1 rings (SSSR count). The van der Waals surface area contributed by atoms with Gasteiger partial charge in [0.05, 0.1) is 0 Å². The topological polar surface area (TPSA) is 9.23 Å². The number of hydrogen-bond donors (Lipinski definition) is 0. The molecule has 0 aliphatic carbocycles. The molecule has 2 heteroatoms. The van der Waals surface area contributed by atoms with Gasteiger partial charge in [0, 0.05) is 5.33 Å². The monoisotopic (exact) mass is 284 g/mol. The highest BCUT2D eigenvalue weighted by molar-refractivity contribution is 9.09. The zero-order chi connectivity index (χ0) is 12.4. The largest absolute Gasteiger partial charge is 0.487 e. The molecular formula is C14H21BrO. The molecule has 1 aromatic carbocycles. The van der Waals surface area contributed by atoms with Gasteiger partial charge in [-0.1, -0.05) is 48.8 Å². The number of halogens is 1. The second kappa shape index (κ2) is 4.79. The van der Waals surface area contributed by atoms with E-state index in [1.807, 2.05) is 12.1 Å². The summed E-state index contributed by atoms with van der Waals surface area (Å²) in [5, 5.41) is 0.820. The van der Waals surface area contributed by atoms with Crippen LogP contribution in [0, 0.1) is 0 Å². The van der Waals surface area contributed by atoms with Crippen molar-refractivity contribution in [2.24, 2.45) is 0 Å². The molecule has 1 aromatic rings. The van der Waals surface area contributed by atoms with Gasteiger partial charge in [-0.3, -0.25) is 0 Å². The lowest BCUT2D eigenvalue weighted by molar-refractivity contribution is 0.137. The van der Waals surface area contributed by atoms with E-state index in [0.717, 1.165) is 11.1 Å². The molecule has 0 aromatic heterocycles. The Balaban J connectivity index is 2.80. The summed E-state index contributed by atoms with van der Waals surface area (Å²) >= 11 is 3.45. The van der Waals surface area contributed by atoms with Crippen molar-refractivity contribution in [1.29, 1.82) is 0 Å². The second-order valence-corrected chi connectivity index (χ2v) is 6.33. The molecule has 0 spiro atoms. The fourth-order valence-electron chi connectivity index (χ4n) is 1.37. The van der Waals surface area contributed by atoms with Crippen LogP contribution in [0.5, 0.6) is 5.75 Å². The number of rotatable bonds is 3. The fourth-order valence-corrected chi connectivity index (χ4v) is 1.48. The Morgan fingerprint density at radius 2 is 1.50 bits per heavy atom. The fraction of sp³-hybridized carbons (Fsp3) is 0.571. The van der Waals surface area contributed by atoms with Crippen LogP contribution in [0.25, 0.3) is 0 Å². The molecule has 0 aliphatic heterocycles. The molecule has 0 N–H and O–H groups in total. The highest BCUT2D eigenvalue weighted by atomic mass is 79.9. The van der Waals surface area contributed by atoms with Crippen LogP contribution < -0.4 is 4.74 Å². The predicted octanol–water partition coefficient (Wildman–Crippen LogP) is 4.54. The van der Waals surface area contributed by atoms with Gasteiger partial charge in [-0.15, -0.1) is 0 Å². The molecule has 0 bridgehead atoms. The second-order valence-electron chi connectivity index (χ2n) is 5.77. The van der Waals surface area contributed by atoms with Crippen LogP contribution in [0.1, 0.15) is 40.2 Å². The maximum Gasteiger partial charge on any atom is 0.120 e. The Bertz CT molecular complexity index is 333. The van der Waals surface area contributed by atoms with E-state index in [-0.39, 0.29) is 11.0 Å². The summed E-state index contributed by atoms with van der Waals surface area (Å²) < 4.78 is 5.87. The van der Waals surface area contributed by atoms with Gasteiger partial charge in [-0.2, -0.15) is 0 Å². The van der Waals surface area contributed by atoms with Gasteiger partial charge in [-0.25, -0.2) is 0 Å². The Hall–Kier alpha value is -0.500. The van der Waals surface area contributed by atoms with Gasteiger partial charge in [0.25, 0.3) is 0 Å². The zero-order valence-electron chi connectivity index (χ0n) is 10.8. The van der Waals surface area contributed by atoms with E-state index in [9.17, 15) is 0 Å². The van der Waals surface area contributed by atoms with E-state index in [1.54, 1.807) is 0 Å². The van der Waals surface area contributed by atoms with Crippen LogP contribution in [0.2, 0.25) is 0 Å². The third kappa shape index (κ3) is 3.82. The van der Waals surface area contributed by atoms with Crippen LogP contribution >= 0.6 is 15.9 Å². The van der Waals surface area contributed by atoms with E-state index >= 15 is 0 Å². The molecule has 0 amide bonds. The van der Waals surface area contributed by atoms with E-state index in [0.29, 0.717) is 0 Å². The van der Waals surface area contributed by atoms with Gasteiger partial charge in [0.1, 0.15) is 11.4 Å². The summed E-state index contributed by atoms with van der Waals surface area (Å²) in [4.78, 5) is 0. The van der Waals surface area contributed by atoms with Crippen molar-refractivity contribution in [2.75, 3.05) is 5.33 Å². The predicted molar refractivity (Wildman–Crippen MR) is 73.6 cm³/mol. The molecule has 1 nitrogen and oxygen atoms in total. The minimum Gasteiger partial charge on any atom is -0.487 e. The third-order valence-corrected chi connectivity index (χ3v) is 3.79. The van der Waals surface area contributed by atoms with Crippen molar-refractivity contribution in [1.82, 2.24) is 0 Å². The van der Waals surface area contributed by atoms with Crippen LogP contribution in [0.3, 0.4) is 0 Å². The van der Waals surface area contributed by atoms with Gasteiger partial charge >= 0.3 is 0 Å². The summed E-state index contributed by atoms with van der Waals surface area (Å²) in [5.41, 5.74) is 1.36. The van der Waals surface area contributed by atoms with Crippen LogP contribution in [0.4, 0.5) is 0 Å². The van der Waals surface area contributed by atoms with Crippen molar-refractivity contribution in [3.8, 4) is 5.75 Å². The first-order valence-electron chi connectivity index (χ1n) is 5.60. The molecule has 0 saturated heterocycles.